The second-order valence-electron chi connectivity index (χ2n) is 5.30. The van der Waals surface area contributed by atoms with Gasteiger partial charge in [-0.15, -0.1) is 0 Å². The van der Waals surface area contributed by atoms with Gasteiger partial charge in [-0.2, -0.15) is 5.10 Å². The first kappa shape index (κ1) is 18.9. The number of aromatic hydroxyl groups is 1. The van der Waals surface area contributed by atoms with Crippen LogP contribution in [0.4, 0.5) is 0 Å². The maximum atomic E-state index is 12.0. The van der Waals surface area contributed by atoms with Gasteiger partial charge in [-0.1, -0.05) is 30.7 Å². The molecule has 1 aromatic carbocycles. The van der Waals surface area contributed by atoms with Crippen LogP contribution in [0.1, 0.15) is 42.2 Å². The molecule has 7 nitrogen and oxygen atoms in total. The van der Waals surface area contributed by atoms with Crippen LogP contribution in [0.15, 0.2) is 34.2 Å². The Morgan fingerprint density at radius 2 is 2.20 bits per heavy atom. The van der Waals surface area contributed by atoms with Gasteiger partial charge in [0, 0.05) is 6.04 Å². The molecule has 0 aliphatic carbocycles. The average molecular weight is 381 g/mol. The van der Waals surface area contributed by atoms with Crippen LogP contribution in [-0.2, 0) is 0 Å². The van der Waals surface area contributed by atoms with Crippen LogP contribution in [0.5, 0.6) is 5.88 Å². The highest BCUT2D eigenvalue weighted by atomic mass is 35.5. The molecule has 25 heavy (non-hydrogen) atoms. The van der Waals surface area contributed by atoms with E-state index in [9.17, 15) is 14.7 Å². The number of nitrogens with one attached hydrogen (secondary N) is 2. The van der Waals surface area contributed by atoms with Crippen LogP contribution in [0.2, 0.25) is 5.02 Å². The number of hydrogen-bond donors (Lipinski definition) is 3. The summed E-state index contributed by atoms with van der Waals surface area (Å²) in [6, 6.07) is 6.37. The van der Waals surface area contributed by atoms with E-state index in [0.717, 1.165) is 6.21 Å². The first-order valence-corrected chi connectivity index (χ1v) is 8.31. The van der Waals surface area contributed by atoms with Crippen LogP contribution < -0.4 is 11.0 Å². The predicted molar refractivity (Wildman–Crippen MR) is 99.1 cm³/mol. The van der Waals surface area contributed by atoms with Gasteiger partial charge < -0.3 is 5.11 Å². The number of carbonyl (C=O) groups excluding carboxylic acids is 1. The highest BCUT2D eigenvalue weighted by molar-refractivity contribution is 7.71. The van der Waals surface area contributed by atoms with Gasteiger partial charge >= 0.3 is 0 Å². The van der Waals surface area contributed by atoms with E-state index in [-0.39, 0.29) is 32.8 Å². The van der Waals surface area contributed by atoms with Crippen molar-refractivity contribution in [3.8, 4) is 5.88 Å². The number of aromatic nitrogens is 2. The molecular formula is C16H17ClN4O3S. The van der Waals surface area contributed by atoms with E-state index in [4.69, 9.17) is 23.8 Å². The molecule has 3 N–H and O–H groups in total. The minimum atomic E-state index is -0.599. The molecule has 1 aromatic heterocycles. The largest absolute Gasteiger partial charge is 0.494 e. The number of nitrogens with zero attached hydrogens (tertiary/aromatic N) is 2. The number of carbonyl (C=O) groups is 1. The fraction of sp³-hybridized carbons (Fsp3) is 0.250. The SMILES string of the molecule is CC[C@H](C)n1c(O)c(/C=N/NC(=O)c2ccccc2Cl)c(=O)[nH]c1=S. The van der Waals surface area contributed by atoms with E-state index in [1.165, 1.54) is 4.57 Å². The molecule has 0 unspecified atom stereocenters. The molecule has 0 aliphatic heterocycles. The Morgan fingerprint density at radius 3 is 2.84 bits per heavy atom. The topological polar surface area (TPSA) is 99.5 Å². The van der Waals surface area contributed by atoms with Gasteiger partial charge in [0.1, 0.15) is 5.56 Å². The van der Waals surface area contributed by atoms with Gasteiger partial charge in [-0.3, -0.25) is 19.1 Å². The first-order chi connectivity index (χ1) is 11.9. The number of hydrogen-bond acceptors (Lipinski definition) is 5. The lowest BCUT2D eigenvalue weighted by Crippen LogP contribution is -2.22. The molecule has 0 aliphatic rings. The predicted octanol–water partition coefficient (Wildman–Crippen LogP) is 3.00. The highest BCUT2D eigenvalue weighted by Gasteiger charge is 2.15. The number of rotatable bonds is 5. The van der Waals surface area contributed by atoms with Crippen LogP contribution >= 0.6 is 23.8 Å². The smallest absolute Gasteiger partial charge is 0.272 e. The normalized spacial score (nSPS) is 12.3. The van der Waals surface area contributed by atoms with Crippen molar-refractivity contribution >= 4 is 35.9 Å². The number of halogens is 1. The number of hydrazone groups is 1. The maximum Gasteiger partial charge on any atom is 0.272 e. The van der Waals surface area contributed by atoms with E-state index in [0.29, 0.717) is 6.42 Å². The van der Waals surface area contributed by atoms with Gasteiger partial charge in [0.15, 0.2) is 4.77 Å². The summed E-state index contributed by atoms with van der Waals surface area (Å²) in [5.74, 6) is -0.841. The standard InChI is InChI=1S/C16H17ClN4O3S/c1-3-9(2)21-15(24)11(13(22)19-16(21)25)8-18-20-14(23)10-6-4-5-7-12(10)17/h4-9,24H,3H2,1-2H3,(H,20,23)(H,19,22,25)/b18-8+/t9-/m0/s1. The van der Waals surface area contributed by atoms with Crippen molar-refractivity contribution in [2.45, 2.75) is 26.3 Å². The molecular weight excluding hydrogens is 364 g/mol. The molecule has 0 spiro atoms. The van der Waals surface area contributed by atoms with Crippen molar-refractivity contribution < 1.29 is 9.90 Å². The summed E-state index contributed by atoms with van der Waals surface area (Å²) in [5, 5.41) is 14.3. The molecule has 0 fully saturated rings. The van der Waals surface area contributed by atoms with Crippen LogP contribution in [0.3, 0.4) is 0 Å². The molecule has 1 heterocycles. The van der Waals surface area contributed by atoms with Crippen molar-refractivity contribution in [3.05, 3.63) is 55.5 Å². The minimum absolute atomic E-state index is 0.103. The second-order valence-corrected chi connectivity index (χ2v) is 6.10. The summed E-state index contributed by atoms with van der Waals surface area (Å²) in [5.41, 5.74) is 1.81. The summed E-state index contributed by atoms with van der Waals surface area (Å²) >= 11 is 11.0. The Hall–Kier alpha value is -2.45. The van der Waals surface area contributed by atoms with Crippen molar-refractivity contribution in [3.63, 3.8) is 0 Å². The fourth-order valence-corrected chi connectivity index (χ4v) is 2.70. The highest BCUT2D eigenvalue weighted by Crippen LogP contribution is 2.20. The Morgan fingerprint density at radius 1 is 1.52 bits per heavy atom. The van der Waals surface area contributed by atoms with Gasteiger partial charge in [0.2, 0.25) is 5.88 Å². The van der Waals surface area contributed by atoms with E-state index in [1.807, 2.05) is 13.8 Å². The molecule has 1 amide bonds. The van der Waals surface area contributed by atoms with Crippen LogP contribution in [-0.4, -0.2) is 26.8 Å². The summed E-state index contributed by atoms with van der Waals surface area (Å²) in [6.07, 6.45) is 1.77. The maximum absolute atomic E-state index is 12.0. The number of aromatic amines is 1. The molecule has 132 valence electrons. The fourth-order valence-electron chi connectivity index (χ4n) is 2.12. The molecule has 9 heteroatoms. The minimum Gasteiger partial charge on any atom is -0.494 e. The van der Waals surface area contributed by atoms with E-state index >= 15 is 0 Å². The third kappa shape index (κ3) is 4.15. The zero-order valence-electron chi connectivity index (χ0n) is 13.6. The molecule has 0 saturated heterocycles. The summed E-state index contributed by atoms with van der Waals surface area (Å²) < 4.78 is 1.54. The average Bonchev–Trinajstić information content (AvgIpc) is 2.57. The van der Waals surface area contributed by atoms with Crippen molar-refractivity contribution in [1.82, 2.24) is 15.0 Å². The number of H-pyrrole nitrogens is 1. The molecule has 0 saturated carbocycles. The molecule has 1 atom stereocenters. The van der Waals surface area contributed by atoms with E-state index < -0.39 is 11.5 Å². The zero-order chi connectivity index (χ0) is 18.6. The number of amides is 1. The lowest BCUT2D eigenvalue weighted by Gasteiger charge is -2.16. The Labute approximate surface area is 154 Å². The molecule has 2 aromatic rings. The summed E-state index contributed by atoms with van der Waals surface area (Å²) in [7, 11) is 0. The molecule has 0 radical (unpaired) electrons. The monoisotopic (exact) mass is 380 g/mol. The lowest BCUT2D eigenvalue weighted by molar-refractivity contribution is 0.0955. The third-order valence-corrected chi connectivity index (χ3v) is 4.29. The lowest BCUT2D eigenvalue weighted by atomic mass is 10.2. The van der Waals surface area contributed by atoms with Gasteiger partial charge in [0.05, 0.1) is 16.8 Å². The van der Waals surface area contributed by atoms with Crippen LogP contribution in [0.25, 0.3) is 0 Å². The van der Waals surface area contributed by atoms with E-state index in [2.05, 4.69) is 15.5 Å². The third-order valence-electron chi connectivity index (χ3n) is 3.66. The van der Waals surface area contributed by atoms with Crippen LogP contribution in [0, 0.1) is 4.77 Å². The Kier molecular flexibility index (Phi) is 6.11. The number of benzene rings is 1. The van der Waals surface area contributed by atoms with Gasteiger partial charge in [-0.05, 0) is 37.7 Å². The molecule has 0 bridgehead atoms. The van der Waals surface area contributed by atoms with Gasteiger partial charge in [0.25, 0.3) is 11.5 Å². The second kappa shape index (κ2) is 8.09. The van der Waals surface area contributed by atoms with Crippen molar-refractivity contribution in [1.29, 1.82) is 0 Å². The van der Waals surface area contributed by atoms with Crippen molar-refractivity contribution in [2.75, 3.05) is 0 Å². The van der Waals surface area contributed by atoms with Crippen molar-refractivity contribution in [2.24, 2.45) is 5.10 Å². The Balaban J connectivity index is 2.30. The quantitative estimate of drug-likeness (QED) is 0.421. The Bertz CT molecular complexity index is 936. The first-order valence-electron chi connectivity index (χ1n) is 7.52. The zero-order valence-corrected chi connectivity index (χ0v) is 15.2. The summed E-state index contributed by atoms with van der Waals surface area (Å²) in [4.78, 5) is 26.5. The van der Waals surface area contributed by atoms with E-state index in [1.54, 1.807) is 24.3 Å². The summed E-state index contributed by atoms with van der Waals surface area (Å²) in [6.45, 7) is 3.78. The molecule has 2 rings (SSSR count). The van der Waals surface area contributed by atoms with Gasteiger partial charge in [-0.25, -0.2) is 5.43 Å².